The number of aromatic hydroxyl groups is 1. The van der Waals surface area contributed by atoms with Gasteiger partial charge in [0.15, 0.2) is 17.5 Å². The summed E-state index contributed by atoms with van der Waals surface area (Å²) in [5, 5.41) is 16.6. The number of hydrogen-bond acceptors (Lipinski definition) is 3. The van der Waals surface area contributed by atoms with Crippen LogP contribution in [0.1, 0.15) is 37.8 Å². The normalized spacial score (nSPS) is 14.7. The maximum absolute atomic E-state index is 9.83. The Balaban J connectivity index is 0.00000280. The van der Waals surface area contributed by atoms with Crippen LogP contribution in [0.4, 0.5) is 0 Å². The molecule has 1 fully saturated rings. The summed E-state index contributed by atoms with van der Waals surface area (Å²) in [7, 11) is 0. The molecule has 0 amide bonds. The molecule has 0 unspecified atom stereocenters. The smallest absolute Gasteiger partial charge is 0.191 e. The first-order chi connectivity index (χ1) is 13.2. The van der Waals surface area contributed by atoms with Crippen molar-refractivity contribution < 1.29 is 9.84 Å². The van der Waals surface area contributed by atoms with Gasteiger partial charge in [0.2, 0.25) is 0 Å². The highest BCUT2D eigenvalue weighted by Crippen LogP contribution is 2.47. The number of nitrogens with one attached hydrogen (secondary N) is 2. The van der Waals surface area contributed by atoms with E-state index in [0.717, 1.165) is 24.6 Å². The SMILES string of the molecule is CCNC(=NCc1ccc(O)c(OCC)c1)NCC1(c2ccccc2)CC1.I. The predicted octanol–water partition coefficient (Wildman–Crippen LogP) is 4.20. The molecule has 1 aliphatic carbocycles. The molecule has 0 saturated heterocycles. The Morgan fingerprint density at radius 2 is 1.86 bits per heavy atom. The highest BCUT2D eigenvalue weighted by Gasteiger charge is 2.43. The van der Waals surface area contributed by atoms with E-state index < -0.39 is 0 Å². The molecular formula is C22H30IN3O2. The summed E-state index contributed by atoms with van der Waals surface area (Å²) < 4.78 is 5.45. The summed E-state index contributed by atoms with van der Waals surface area (Å²) in [6, 6.07) is 16.1. The molecule has 5 nitrogen and oxygen atoms in total. The molecule has 0 radical (unpaired) electrons. The van der Waals surface area contributed by atoms with Crippen molar-refractivity contribution in [2.24, 2.45) is 4.99 Å². The van der Waals surface area contributed by atoms with Gasteiger partial charge in [0, 0.05) is 18.5 Å². The van der Waals surface area contributed by atoms with Crippen molar-refractivity contribution >= 4 is 29.9 Å². The van der Waals surface area contributed by atoms with Gasteiger partial charge in [0.1, 0.15) is 0 Å². The third kappa shape index (κ3) is 5.77. The van der Waals surface area contributed by atoms with E-state index in [4.69, 9.17) is 9.73 Å². The molecule has 2 aromatic carbocycles. The van der Waals surface area contributed by atoms with Crippen LogP contribution in [0.5, 0.6) is 11.5 Å². The summed E-state index contributed by atoms with van der Waals surface area (Å²) in [5.74, 6) is 1.48. The number of rotatable bonds is 8. The van der Waals surface area contributed by atoms with Crippen LogP contribution >= 0.6 is 24.0 Å². The number of benzene rings is 2. The highest BCUT2D eigenvalue weighted by atomic mass is 127. The molecule has 2 aromatic rings. The largest absolute Gasteiger partial charge is 0.504 e. The first-order valence-electron chi connectivity index (χ1n) is 9.69. The van der Waals surface area contributed by atoms with E-state index >= 15 is 0 Å². The minimum Gasteiger partial charge on any atom is -0.504 e. The van der Waals surface area contributed by atoms with Gasteiger partial charge in [-0.05, 0) is 49.9 Å². The number of hydrogen-bond donors (Lipinski definition) is 3. The van der Waals surface area contributed by atoms with E-state index in [1.807, 2.05) is 19.1 Å². The number of halogens is 1. The first-order valence-corrected chi connectivity index (χ1v) is 9.69. The fourth-order valence-corrected chi connectivity index (χ4v) is 3.20. The average molecular weight is 495 g/mol. The molecule has 0 heterocycles. The van der Waals surface area contributed by atoms with Crippen LogP contribution in [0.3, 0.4) is 0 Å². The molecule has 1 saturated carbocycles. The quantitative estimate of drug-likeness (QED) is 0.292. The Labute approximate surface area is 184 Å². The monoisotopic (exact) mass is 495 g/mol. The topological polar surface area (TPSA) is 65.9 Å². The van der Waals surface area contributed by atoms with Gasteiger partial charge >= 0.3 is 0 Å². The average Bonchev–Trinajstić information content (AvgIpc) is 3.48. The maximum atomic E-state index is 9.83. The van der Waals surface area contributed by atoms with Gasteiger partial charge in [-0.15, -0.1) is 24.0 Å². The lowest BCUT2D eigenvalue weighted by Gasteiger charge is -2.19. The van der Waals surface area contributed by atoms with Gasteiger partial charge < -0.3 is 20.5 Å². The minimum atomic E-state index is 0. The van der Waals surface area contributed by atoms with Crippen molar-refractivity contribution in [1.82, 2.24) is 10.6 Å². The molecule has 6 heteroatoms. The Kier molecular flexibility index (Phi) is 8.41. The molecule has 0 aromatic heterocycles. The van der Waals surface area contributed by atoms with Crippen LogP contribution in [-0.4, -0.2) is 30.8 Å². The number of phenols is 1. The van der Waals surface area contributed by atoms with Crippen LogP contribution < -0.4 is 15.4 Å². The molecule has 0 bridgehead atoms. The first kappa shape index (κ1) is 22.3. The van der Waals surface area contributed by atoms with Crippen molar-refractivity contribution in [2.45, 2.75) is 38.6 Å². The third-order valence-electron chi connectivity index (χ3n) is 4.92. The Bertz CT molecular complexity index is 777. The summed E-state index contributed by atoms with van der Waals surface area (Å²) >= 11 is 0. The van der Waals surface area contributed by atoms with E-state index in [0.29, 0.717) is 18.9 Å². The van der Waals surface area contributed by atoms with Gasteiger partial charge in [-0.2, -0.15) is 0 Å². The number of ether oxygens (including phenoxy) is 1. The minimum absolute atomic E-state index is 0. The number of guanidine groups is 1. The number of phenolic OH excluding ortho intramolecular Hbond substituents is 1. The summed E-state index contributed by atoms with van der Waals surface area (Å²) in [6.07, 6.45) is 2.41. The van der Waals surface area contributed by atoms with Crippen LogP contribution in [-0.2, 0) is 12.0 Å². The molecule has 1 aliphatic rings. The van der Waals surface area contributed by atoms with E-state index in [-0.39, 0.29) is 35.1 Å². The Hall–Kier alpha value is -1.96. The second-order valence-corrected chi connectivity index (χ2v) is 6.93. The van der Waals surface area contributed by atoms with Crippen molar-refractivity contribution in [2.75, 3.05) is 19.7 Å². The maximum Gasteiger partial charge on any atom is 0.191 e. The van der Waals surface area contributed by atoms with Gasteiger partial charge in [-0.25, -0.2) is 4.99 Å². The zero-order chi connectivity index (χ0) is 19.1. The van der Waals surface area contributed by atoms with Crippen molar-refractivity contribution in [3.63, 3.8) is 0 Å². The molecule has 28 heavy (non-hydrogen) atoms. The van der Waals surface area contributed by atoms with Gasteiger partial charge in [-0.3, -0.25) is 0 Å². The zero-order valence-electron chi connectivity index (χ0n) is 16.6. The van der Waals surface area contributed by atoms with Crippen LogP contribution in [0, 0.1) is 0 Å². The summed E-state index contributed by atoms with van der Waals surface area (Å²) in [5.41, 5.74) is 2.63. The lowest BCUT2D eigenvalue weighted by Crippen LogP contribution is -2.41. The van der Waals surface area contributed by atoms with Crippen LogP contribution in [0.2, 0.25) is 0 Å². The molecule has 152 valence electrons. The standard InChI is InChI=1S/C22H29N3O2.HI/c1-3-23-21(24-15-17-10-11-19(26)20(14-17)27-4-2)25-16-22(12-13-22)18-8-6-5-7-9-18;/h5-11,14,26H,3-4,12-13,15-16H2,1-2H3,(H2,23,24,25);1H. The molecule has 3 N–H and O–H groups in total. The second-order valence-electron chi connectivity index (χ2n) is 6.93. The fraction of sp³-hybridized carbons (Fsp3) is 0.409. The number of nitrogens with zero attached hydrogens (tertiary/aromatic N) is 1. The second kappa shape index (κ2) is 10.5. The summed E-state index contributed by atoms with van der Waals surface area (Å²) in [4.78, 5) is 4.70. The summed E-state index contributed by atoms with van der Waals surface area (Å²) in [6.45, 7) is 6.69. The van der Waals surface area contributed by atoms with E-state index in [2.05, 4.69) is 47.9 Å². The van der Waals surface area contributed by atoms with Gasteiger partial charge in [0.25, 0.3) is 0 Å². The predicted molar refractivity (Wildman–Crippen MR) is 125 cm³/mol. The van der Waals surface area contributed by atoms with Gasteiger partial charge in [0.05, 0.1) is 13.2 Å². The molecule has 3 rings (SSSR count). The lowest BCUT2D eigenvalue weighted by molar-refractivity contribution is 0.318. The molecular weight excluding hydrogens is 465 g/mol. The van der Waals surface area contributed by atoms with E-state index in [1.54, 1.807) is 6.07 Å². The number of aliphatic imine (C=N–C) groups is 1. The zero-order valence-corrected chi connectivity index (χ0v) is 18.9. The van der Waals surface area contributed by atoms with E-state index in [1.165, 1.54) is 18.4 Å². The highest BCUT2D eigenvalue weighted by molar-refractivity contribution is 14.0. The fourth-order valence-electron chi connectivity index (χ4n) is 3.20. The van der Waals surface area contributed by atoms with E-state index in [9.17, 15) is 5.11 Å². The molecule has 0 spiro atoms. The third-order valence-corrected chi connectivity index (χ3v) is 4.92. The van der Waals surface area contributed by atoms with Crippen molar-refractivity contribution in [1.29, 1.82) is 0 Å². The van der Waals surface area contributed by atoms with Gasteiger partial charge in [-0.1, -0.05) is 36.4 Å². The Morgan fingerprint density at radius 3 is 2.50 bits per heavy atom. The van der Waals surface area contributed by atoms with Crippen LogP contribution in [0.25, 0.3) is 0 Å². The van der Waals surface area contributed by atoms with Crippen molar-refractivity contribution in [3.8, 4) is 11.5 Å². The molecule has 0 aliphatic heterocycles. The lowest BCUT2D eigenvalue weighted by atomic mass is 9.96. The Morgan fingerprint density at radius 1 is 1.11 bits per heavy atom. The molecule has 0 atom stereocenters. The van der Waals surface area contributed by atoms with Crippen LogP contribution in [0.15, 0.2) is 53.5 Å². The van der Waals surface area contributed by atoms with Crippen molar-refractivity contribution in [3.05, 3.63) is 59.7 Å².